The van der Waals surface area contributed by atoms with Crippen LogP contribution in [-0.4, -0.2) is 89.5 Å². The number of nitrogens with zero attached hydrogens (tertiary/aromatic N) is 5. The van der Waals surface area contributed by atoms with Gasteiger partial charge in [0.1, 0.15) is 38.1 Å². The highest BCUT2D eigenvalue weighted by molar-refractivity contribution is 5.71. The minimum atomic E-state index is -0.540. The van der Waals surface area contributed by atoms with Gasteiger partial charge < -0.3 is 28.7 Å². The number of fused-ring (bicyclic) bond motifs is 1. The number of aldehydes is 2. The van der Waals surface area contributed by atoms with Crippen LogP contribution in [-0.2, 0) is 23.8 Å². The van der Waals surface area contributed by atoms with Gasteiger partial charge in [0.2, 0.25) is 5.95 Å². The third kappa shape index (κ3) is 4.91. The summed E-state index contributed by atoms with van der Waals surface area (Å²) in [6, 6.07) is 0. The van der Waals surface area contributed by atoms with Gasteiger partial charge in [0.05, 0.1) is 25.4 Å². The van der Waals surface area contributed by atoms with Gasteiger partial charge in [-0.2, -0.15) is 4.98 Å². The SMILES string of the molecule is CN(C)C=Nc1nc2c(ncn2[C@H]2CC(OCC=O)[C@@H](COCC=O)O2)c(=O)[nH]1. The van der Waals surface area contributed by atoms with Crippen LogP contribution in [0.15, 0.2) is 16.1 Å². The van der Waals surface area contributed by atoms with E-state index in [-0.39, 0.29) is 31.3 Å². The minimum Gasteiger partial charge on any atom is -0.371 e. The van der Waals surface area contributed by atoms with E-state index >= 15 is 0 Å². The molecule has 12 nitrogen and oxygen atoms in total. The number of nitrogens with one attached hydrogen (secondary N) is 1. The number of imidazole rings is 1. The first-order valence-corrected chi connectivity index (χ1v) is 8.93. The molecule has 0 spiro atoms. The summed E-state index contributed by atoms with van der Waals surface area (Å²) in [5.41, 5.74) is 0.0499. The Kier molecular flexibility index (Phi) is 6.80. The normalized spacial score (nSPS) is 21.8. The van der Waals surface area contributed by atoms with E-state index in [0.29, 0.717) is 24.6 Å². The highest BCUT2D eigenvalue weighted by atomic mass is 16.6. The van der Waals surface area contributed by atoms with Crippen LogP contribution in [0.5, 0.6) is 0 Å². The first kappa shape index (κ1) is 20.8. The Morgan fingerprint density at radius 2 is 2.17 bits per heavy atom. The Morgan fingerprint density at radius 1 is 1.38 bits per heavy atom. The van der Waals surface area contributed by atoms with Crippen LogP contribution in [0.1, 0.15) is 12.6 Å². The molecule has 3 heterocycles. The Bertz CT molecular complexity index is 938. The lowest BCUT2D eigenvalue weighted by atomic mass is 10.2. The summed E-state index contributed by atoms with van der Waals surface area (Å²) in [5.74, 6) is 0.135. The number of aromatic nitrogens is 4. The predicted octanol–water partition coefficient (Wildman–Crippen LogP) is -0.572. The molecule has 0 saturated carbocycles. The van der Waals surface area contributed by atoms with Crippen molar-refractivity contribution in [3.63, 3.8) is 0 Å². The van der Waals surface area contributed by atoms with Gasteiger partial charge in [-0.1, -0.05) is 0 Å². The number of rotatable bonds is 10. The lowest BCUT2D eigenvalue weighted by Crippen LogP contribution is -2.30. The van der Waals surface area contributed by atoms with Crippen molar-refractivity contribution >= 4 is 36.0 Å². The quantitative estimate of drug-likeness (QED) is 0.237. The van der Waals surface area contributed by atoms with Crippen LogP contribution in [0.2, 0.25) is 0 Å². The molecule has 0 aromatic carbocycles. The van der Waals surface area contributed by atoms with Crippen molar-refractivity contribution in [2.24, 2.45) is 4.99 Å². The lowest BCUT2D eigenvalue weighted by molar-refractivity contribution is -0.119. The summed E-state index contributed by atoms with van der Waals surface area (Å²) in [4.78, 5) is 50.3. The summed E-state index contributed by atoms with van der Waals surface area (Å²) in [7, 11) is 3.59. The third-order valence-corrected chi connectivity index (χ3v) is 4.17. The second-order valence-electron chi connectivity index (χ2n) is 6.53. The van der Waals surface area contributed by atoms with Gasteiger partial charge in [-0.25, -0.2) is 9.98 Å². The van der Waals surface area contributed by atoms with Crippen molar-refractivity contribution in [1.29, 1.82) is 0 Å². The minimum absolute atomic E-state index is 0.0664. The van der Waals surface area contributed by atoms with Crippen LogP contribution >= 0.6 is 0 Å². The molecule has 156 valence electrons. The largest absolute Gasteiger partial charge is 0.371 e. The first-order valence-electron chi connectivity index (χ1n) is 8.93. The van der Waals surface area contributed by atoms with E-state index in [1.807, 2.05) is 0 Å². The van der Waals surface area contributed by atoms with Gasteiger partial charge >= 0.3 is 0 Å². The highest BCUT2D eigenvalue weighted by Crippen LogP contribution is 2.32. The smallest absolute Gasteiger partial charge is 0.280 e. The molecule has 29 heavy (non-hydrogen) atoms. The van der Waals surface area contributed by atoms with Crippen molar-refractivity contribution in [1.82, 2.24) is 24.4 Å². The van der Waals surface area contributed by atoms with Crippen LogP contribution in [0.3, 0.4) is 0 Å². The molecule has 1 unspecified atom stereocenters. The Balaban J connectivity index is 1.87. The predicted molar refractivity (Wildman–Crippen MR) is 101 cm³/mol. The summed E-state index contributed by atoms with van der Waals surface area (Å²) in [6.07, 6.45) is 3.19. The molecule has 1 saturated heterocycles. The molecule has 2 aromatic heterocycles. The van der Waals surface area contributed by atoms with Crippen LogP contribution in [0, 0.1) is 0 Å². The van der Waals surface area contributed by atoms with Gasteiger partial charge in [-0.3, -0.25) is 14.3 Å². The monoisotopic (exact) mass is 406 g/mol. The molecule has 3 atom stereocenters. The maximum absolute atomic E-state index is 12.3. The Labute approximate surface area is 165 Å². The molecule has 0 radical (unpaired) electrons. The Morgan fingerprint density at radius 3 is 2.90 bits per heavy atom. The number of hydrogen-bond acceptors (Lipinski definition) is 9. The molecule has 1 fully saturated rings. The molecule has 2 aromatic rings. The fourth-order valence-corrected chi connectivity index (χ4v) is 2.95. The van der Waals surface area contributed by atoms with Crippen LogP contribution < -0.4 is 5.56 Å². The van der Waals surface area contributed by atoms with Crippen molar-refractivity contribution < 1.29 is 23.8 Å². The zero-order valence-electron chi connectivity index (χ0n) is 16.1. The number of aliphatic imine (C=N–C) groups is 1. The molecular formula is C17H22N6O6. The van der Waals surface area contributed by atoms with E-state index in [1.54, 1.807) is 23.6 Å². The fourth-order valence-electron chi connectivity index (χ4n) is 2.95. The van der Waals surface area contributed by atoms with Crippen molar-refractivity contribution in [3.05, 3.63) is 16.7 Å². The molecule has 1 aliphatic rings. The average molecular weight is 406 g/mol. The number of carbonyl (C=O) groups is 2. The summed E-state index contributed by atoms with van der Waals surface area (Å²) >= 11 is 0. The number of aromatic amines is 1. The molecule has 1 N–H and O–H groups in total. The van der Waals surface area contributed by atoms with E-state index in [4.69, 9.17) is 14.2 Å². The third-order valence-electron chi connectivity index (χ3n) is 4.17. The summed E-state index contributed by atoms with van der Waals surface area (Å²) < 4.78 is 18.4. The maximum Gasteiger partial charge on any atom is 0.280 e. The molecular weight excluding hydrogens is 384 g/mol. The molecule has 12 heteroatoms. The average Bonchev–Trinajstić information content (AvgIpc) is 3.29. The van der Waals surface area contributed by atoms with Gasteiger partial charge in [0.15, 0.2) is 11.2 Å². The van der Waals surface area contributed by atoms with E-state index < -0.39 is 24.0 Å². The van der Waals surface area contributed by atoms with E-state index in [2.05, 4.69) is 19.9 Å². The molecule has 0 amide bonds. The number of ether oxygens (including phenoxy) is 3. The van der Waals surface area contributed by atoms with Crippen LogP contribution in [0.25, 0.3) is 11.2 Å². The zero-order valence-corrected chi connectivity index (χ0v) is 16.1. The van der Waals surface area contributed by atoms with Crippen LogP contribution in [0.4, 0.5) is 5.95 Å². The van der Waals surface area contributed by atoms with Gasteiger partial charge in [-0.05, 0) is 0 Å². The van der Waals surface area contributed by atoms with Gasteiger partial charge in [0.25, 0.3) is 5.56 Å². The molecule has 0 bridgehead atoms. The fraction of sp³-hybridized carbons (Fsp3) is 0.529. The van der Waals surface area contributed by atoms with Crippen molar-refractivity contribution in [2.75, 3.05) is 33.9 Å². The van der Waals surface area contributed by atoms with Gasteiger partial charge in [-0.15, -0.1) is 0 Å². The number of carbonyl (C=O) groups excluding carboxylic acids is 2. The zero-order chi connectivity index (χ0) is 20.8. The Hall–Kier alpha value is -2.96. The van der Waals surface area contributed by atoms with Crippen molar-refractivity contribution in [2.45, 2.75) is 24.9 Å². The molecule has 0 aliphatic carbocycles. The summed E-state index contributed by atoms with van der Waals surface area (Å²) in [5, 5.41) is 0. The second-order valence-corrected chi connectivity index (χ2v) is 6.53. The summed E-state index contributed by atoms with van der Waals surface area (Å²) in [6.45, 7) is -0.0300. The second kappa shape index (κ2) is 9.49. The van der Waals surface area contributed by atoms with E-state index in [1.165, 1.54) is 12.7 Å². The van der Waals surface area contributed by atoms with E-state index in [0.717, 1.165) is 0 Å². The standard InChI is InChI=1S/C17H22N6O6/c1-22(2)9-19-17-20-15-14(16(26)21-17)18-10-23(15)13-7-11(28-6-4-25)12(29-13)8-27-5-3-24/h3-4,9-13H,5-8H2,1-2H3,(H,20,21,26)/t11?,12-,13-/m1/s1. The molecule has 3 rings (SSSR count). The van der Waals surface area contributed by atoms with Crippen molar-refractivity contribution in [3.8, 4) is 0 Å². The maximum atomic E-state index is 12.3. The van der Waals surface area contributed by atoms with E-state index in [9.17, 15) is 14.4 Å². The highest BCUT2D eigenvalue weighted by Gasteiger charge is 2.38. The number of H-pyrrole nitrogens is 1. The lowest BCUT2D eigenvalue weighted by Gasteiger charge is -2.17. The molecule has 1 aliphatic heterocycles. The van der Waals surface area contributed by atoms with Gasteiger partial charge in [0, 0.05) is 20.5 Å². The first-order chi connectivity index (χ1) is 14.0. The topological polar surface area (TPSA) is 141 Å². The number of hydrogen-bond donors (Lipinski definition) is 1.